The molecular weight excluding hydrogens is 271 g/mol. The molecule has 0 spiro atoms. The monoisotopic (exact) mass is 294 g/mol. The lowest BCUT2D eigenvalue weighted by Gasteiger charge is -2.35. The minimum atomic E-state index is -0.329. The Balaban J connectivity index is 1.70. The smallest absolute Gasteiger partial charge is 0.225 e. The molecule has 0 radical (unpaired) electrons. The van der Waals surface area contributed by atoms with Crippen molar-refractivity contribution < 1.29 is 13.9 Å². The number of nitrogens with zero attached hydrogens (tertiary/aromatic N) is 2. The Morgan fingerprint density at radius 3 is 2.52 bits per heavy atom. The molecule has 1 heterocycles. The summed E-state index contributed by atoms with van der Waals surface area (Å²) in [5.74, 6) is 0.245. The van der Waals surface area contributed by atoms with E-state index in [9.17, 15) is 9.18 Å². The summed E-state index contributed by atoms with van der Waals surface area (Å²) >= 11 is 0. The van der Waals surface area contributed by atoms with Crippen LogP contribution in [0.15, 0.2) is 24.3 Å². The van der Waals surface area contributed by atoms with Crippen LogP contribution in [0.1, 0.15) is 13.8 Å². The zero-order chi connectivity index (χ0) is 15.2. The number of benzene rings is 1. The number of hydrogen-bond acceptors (Lipinski definition) is 3. The lowest BCUT2D eigenvalue weighted by Crippen LogP contribution is -2.50. The number of carbonyl (C=O) groups excluding carboxylic acids is 1. The van der Waals surface area contributed by atoms with E-state index in [0.29, 0.717) is 12.4 Å². The summed E-state index contributed by atoms with van der Waals surface area (Å²) in [7, 11) is 0. The fourth-order valence-corrected chi connectivity index (χ4v) is 2.40. The number of carbonyl (C=O) groups is 1. The first kappa shape index (κ1) is 15.8. The van der Waals surface area contributed by atoms with Crippen molar-refractivity contribution in [2.45, 2.75) is 13.8 Å². The SMILES string of the molecule is CC(C)C(=O)N1CCN(CCOc2ccccc2F)CC1. The maximum Gasteiger partial charge on any atom is 0.225 e. The lowest BCUT2D eigenvalue weighted by atomic mass is 10.1. The van der Waals surface area contributed by atoms with E-state index in [1.807, 2.05) is 18.7 Å². The van der Waals surface area contributed by atoms with Gasteiger partial charge in [0.2, 0.25) is 5.91 Å². The molecule has 0 saturated carbocycles. The Bertz CT molecular complexity index is 471. The summed E-state index contributed by atoms with van der Waals surface area (Å²) in [6, 6.07) is 6.43. The van der Waals surface area contributed by atoms with Crippen molar-refractivity contribution in [2.75, 3.05) is 39.3 Å². The van der Waals surface area contributed by atoms with Crippen LogP contribution in [-0.2, 0) is 4.79 Å². The van der Waals surface area contributed by atoms with E-state index in [-0.39, 0.29) is 17.6 Å². The van der Waals surface area contributed by atoms with Gasteiger partial charge in [-0.2, -0.15) is 0 Å². The topological polar surface area (TPSA) is 32.8 Å². The maximum absolute atomic E-state index is 13.4. The molecule has 1 amide bonds. The molecule has 0 atom stereocenters. The van der Waals surface area contributed by atoms with Crippen molar-refractivity contribution in [2.24, 2.45) is 5.92 Å². The highest BCUT2D eigenvalue weighted by Crippen LogP contribution is 2.15. The maximum atomic E-state index is 13.4. The molecule has 1 aromatic rings. The molecule has 5 heteroatoms. The van der Waals surface area contributed by atoms with E-state index in [1.165, 1.54) is 6.07 Å². The van der Waals surface area contributed by atoms with E-state index in [2.05, 4.69) is 4.90 Å². The summed E-state index contributed by atoms with van der Waals surface area (Å²) in [4.78, 5) is 16.0. The number of halogens is 1. The minimum absolute atomic E-state index is 0.0564. The molecule has 0 bridgehead atoms. The highest BCUT2D eigenvalue weighted by Gasteiger charge is 2.22. The van der Waals surface area contributed by atoms with Crippen LogP contribution < -0.4 is 4.74 Å². The number of ether oxygens (including phenoxy) is 1. The van der Waals surface area contributed by atoms with Crippen LogP contribution in [0.4, 0.5) is 4.39 Å². The molecule has 1 saturated heterocycles. The van der Waals surface area contributed by atoms with Crippen LogP contribution in [0.25, 0.3) is 0 Å². The van der Waals surface area contributed by atoms with E-state index >= 15 is 0 Å². The van der Waals surface area contributed by atoms with E-state index in [1.54, 1.807) is 18.2 Å². The standard InChI is InChI=1S/C16H23FN2O2/c1-13(2)16(20)19-9-7-18(8-10-19)11-12-21-15-6-4-3-5-14(15)17/h3-6,13H,7-12H2,1-2H3. The molecule has 1 aromatic carbocycles. The molecule has 0 N–H and O–H groups in total. The van der Waals surface area contributed by atoms with Gasteiger partial charge in [-0.25, -0.2) is 4.39 Å². The normalized spacial score (nSPS) is 16.3. The van der Waals surface area contributed by atoms with Gasteiger partial charge in [0, 0.05) is 38.6 Å². The van der Waals surface area contributed by atoms with Gasteiger partial charge < -0.3 is 9.64 Å². The van der Waals surface area contributed by atoms with Crippen molar-refractivity contribution in [3.63, 3.8) is 0 Å². The second-order valence-electron chi connectivity index (χ2n) is 5.60. The van der Waals surface area contributed by atoms with Gasteiger partial charge in [-0.15, -0.1) is 0 Å². The fourth-order valence-electron chi connectivity index (χ4n) is 2.40. The molecule has 0 unspecified atom stereocenters. The lowest BCUT2D eigenvalue weighted by molar-refractivity contribution is -0.136. The Kier molecular flexibility index (Phi) is 5.56. The second-order valence-corrected chi connectivity index (χ2v) is 5.60. The number of para-hydroxylation sites is 1. The Hall–Kier alpha value is -1.62. The first-order chi connectivity index (χ1) is 10.1. The highest BCUT2D eigenvalue weighted by molar-refractivity contribution is 5.78. The molecule has 116 valence electrons. The van der Waals surface area contributed by atoms with Gasteiger partial charge in [0.05, 0.1) is 0 Å². The van der Waals surface area contributed by atoms with Gasteiger partial charge >= 0.3 is 0 Å². The van der Waals surface area contributed by atoms with E-state index in [4.69, 9.17) is 4.74 Å². The molecule has 1 aliphatic heterocycles. The number of amides is 1. The summed E-state index contributed by atoms with van der Waals surface area (Å²) in [5.41, 5.74) is 0. The largest absolute Gasteiger partial charge is 0.489 e. The molecule has 2 rings (SSSR count). The van der Waals surface area contributed by atoms with Gasteiger partial charge in [0.15, 0.2) is 11.6 Å². The van der Waals surface area contributed by atoms with Crippen LogP contribution in [0, 0.1) is 11.7 Å². The number of hydrogen-bond donors (Lipinski definition) is 0. The molecule has 4 nitrogen and oxygen atoms in total. The van der Waals surface area contributed by atoms with Crippen LogP contribution >= 0.6 is 0 Å². The predicted octanol–water partition coefficient (Wildman–Crippen LogP) is 2.00. The first-order valence-electron chi connectivity index (χ1n) is 7.46. The van der Waals surface area contributed by atoms with E-state index < -0.39 is 0 Å². The zero-order valence-corrected chi connectivity index (χ0v) is 12.7. The molecule has 0 aromatic heterocycles. The van der Waals surface area contributed by atoms with Crippen molar-refractivity contribution in [1.82, 2.24) is 9.80 Å². The Morgan fingerprint density at radius 1 is 1.24 bits per heavy atom. The van der Waals surface area contributed by atoms with Crippen LogP contribution in [0.5, 0.6) is 5.75 Å². The summed E-state index contributed by atoms with van der Waals surface area (Å²) in [5, 5.41) is 0. The third kappa shape index (κ3) is 4.43. The average Bonchev–Trinajstić information content (AvgIpc) is 2.49. The average molecular weight is 294 g/mol. The number of rotatable bonds is 5. The highest BCUT2D eigenvalue weighted by atomic mass is 19.1. The first-order valence-corrected chi connectivity index (χ1v) is 7.46. The third-order valence-corrected chi connectivity index (χ3v) is 3.68. The summed E-state index contributed by atoms with van der Waals surface area (Å²) in [6.07, 6.45) is 0. The van der Waals surface area contributed by atoms with Crippen molar-refractivity contribution in [3.8, 4) is 5.75 Å². The molecule has 0 aliphatic carbocycles. The molecule has 21 heavy (non-hydrogen) atoms. The quantitative estimate of drug-likeness (QED) is 0.833. The fraction of sp³-hybridized carbons (Fsp3) is 0.562. The van der Waals surface area contributed by atoms with Crippen molar-refractivity contribution in [1.29, 1.82) is 0 Å². The predicted molar refractivity (Wildman–Crippen MR) is 79.8 cm³/mol. The summed E-state index contributed by atoms with van der Waals surface area (Å²) in [6.45, 7) is 8.27. The van der Waals surface area contributed by atoms with Crippen molar-refractivity contribution in [3.05, 3.63) is 30.1 Å². The van der Waals surface area contributed by atoms with Gasteiger partial charge in [-0.3, -0.25) is 9.69 Å². The van der Waals surface area contributed by atoms with Gasteiger partial charge in [0.25, 0.3) is 0 Å². The van der Waals surface area contributed by atoms with Crippen LogP contribution in [0.3, 0.4) is 0 Å². The minimum Gasteiger partial charge on any atom is -0.489 e. The summed E-state index contributed by atoms with van der Waals surface area (Å²) < 4.78 is 18.8. The third-order valence-electron chi connectivity index (χ3n) is 3.68. The van der Waals surface area contributed by atoms with Crippen LogP contribution in [-0.4, -0.2) is 55.0 Å². The second kappa shape index (κ2) is 7.41. The zero-order valence-electron chi connectivity index (χ0n) is 12.7. The van der Waals surface area contributed by atoms with Gasteiger partial charge in [-0.05, 0) is 12.1 Å². The Labute approximate surface area is 125 Å². The molecular formula is C16H23FN2O2. The van der Waals surface area contributed by atoms with Crippen LogP contribution in [0.2, 0.25) is 0 Å². The van der Waals surface area contributed by atoms with Gasteiger partial charge in [0.1, 0.15) is 6.61 Å². The molecule has 1 aliphatic rings. The van der Waals surface area contributed by atoms with Crippen molar-refractivity contribution >= 4 is 5.91 Å². The Morgan fingerprint density at radius 2 is 1.90 bits per heavy atom. The number of piperazine rings is 1. The van der Waals surface area contributed by atoms with E-state index in [0.717, 1.165) is 32.7 Å². The van der Waals surface area contributed by atoms with Gasteiger partial charge in [-0.1, -0.05) is 26.0 Å². The molecule has 1 fully saturated rings.